The van der Waals surface area contributed by atoms with Gasteiger partial charge in [-0.05, 0) is 11.4 Å². The summed E-state index contributed by atoms with van der Waals surface area (Å²) in [5.74, 6) is 1.05. The van der Waals surface area contributed by atoms with Gasteiger partial charge in [-0.3, -0.25) is 9.69 Å². The van der Waals surface area contributed by atoms with Crippen LogP contribution in [0.25, 0.3) is 21.4 Å². The van der Waals surface area contributed by atoms with Crippen LogP contribution in [0, 0.1) is 0 Å². The predicted molar refractivity (Wildman–Crippen MR) is 104 cm³/mol. The number of thiazole rings is 1. The third kappa shape index (κ3) is 4.13. The monoisotopic (exact) mass is 386 g/mol. The van der Waals surface area contributed by atoms with Crippen LogP contribution in [0.5, 0.6) is 0 Å². The highest BCUT2D eigenvalue weighted by atomic mass is 32.1. The molecular weight excluding hydrogens is 368 g/mol. The average Bonchev–Trinajstić information content (AvgIpc) is 3.36. The third-order valence-electron chi connectivity index (χ3n) is 3.96. The summed E-state index contributed by atoms with van der Waals surface area (Å²) in [5.41, 5.74) is 0.718. The molecule has 1 aliphatic rings. The molecule has 0 atom stereocenters. The first-order chi connectivity index (χ1) is 12.8. The number of amides is 1. The van der Waals surface area contributed by atoms with E-state index in [0.29, 0.717) is 18.2 Å². The molecule has 4 rings (SSSR count). The molecule has 0 spiro atoms. The number of thiophene rings is 1. The Hall–Kier alpha value is -2.20. The van der Waals surface area contributed by atoms with Gasteiger partial charge in [-0.1, -0.05) is 6.07 Å². The molecule has 1 amide bonds. The van der Waals surface area contributed by atoms with E-state index < -0.39 is 0 Å². The molecule has 0 bridgehead atoms. The molecular formula is C17H18N6OS2. The van der Waals surface area contributed by atoms with E-state index in [2.05, 4.69) is 30.5 Å². The van der Waals surface area contributed by atoms with E-state index in [9.17, 15) is 4.79 Å². The predicted octanol–water partition coefficient (Wildman–Crippen LogP) is 2.17. The number of nitrogens with zero attached hydrogens (tertiary/aromatic N) is 4. The van der Waals surface area contributed by atoms with Crippen LogP contribution in [0.15, 0.2) is 35.2 Å². The van der Waals surface area contributed by atoms with Crippen molar-refractivity contribution in [2.45, 2.75) is 0 Å². The van der Waals surface area contributed by atoms with E-state index in [4.69, 9.17) is 0 Å². The molecule has 9 heteroatoms. The first-order valence-corrected chi connectivity index (χ1v) is 10.1. The van der Waals surface area contributed by atoms with Gasteiger partial charge in [-0.25, -0.2) is 15.0 Å². The van der Waals surface area contributed by atoms with Gasteiger partial charge >= 0.3 is 0 Å². The zero-order valence-corrected chi connectivity index (χ0v) is 15.6. The van der Waals surface area contributed by atoms with Gasteiger partial charge in [0.1, 0.15) is 16.5 Å². The minimum Gasteiger partial charge on any atom is -0.314 e. The number of rotatable bonds is 5. The molecule has 0 aliphatic carbocycles. The number of piperazine rings is 1. The molecule has 26 heavy (non-hydrogen) atoms. The number of hydrogen-bond donors (Lipinski definition) is 2. The van der Waals surface area contributed by atoms with E-state index in [1.54, 1.807) is 23.6 Å². The highest BCUT2D eigenvalue weighted by Gasteiger charge is 2.16. The Morgan fingerprint density at radius 2 is 2.12 bits per heavy atom. The summed E-state index contributed by atoms with van der Waals surface area (Å²) in [6, 6.07) is 5.71. The zero-order chi connectivity index (χ0) is 17.8. The molecule has 1 saturated heterocycles. The van der Waals surface area contributed by atoms with Crippen molar-refractivity contribution < 1.29 is 4.79 Å². The van der Waals surface area contributed by atoms with Crippen LogP contribution < -0.4 is 10.6 Å². The van der Waals surface area contributed by atoms with Crippen molar-refractivity contribution in [1.82, 2.24) is 25.2 Å². The van der Waals surface area contributed by atoms with Gasteiger partial charge in [0.05, 0.1) is 11.4 Å². The van der Waals surface area contributed by atoms with E-state index in [0.717, 1.165) is 41.8 Å². The molecule has 1 aliphatic heterocycles. The summed E-state index contributed by atoms with van der Waals surface area (Å²) < 4.78 is 0. The van der Waals surface area contributed by atoms with Gasteiger partial charge in [0.15, 0.2) is 5.82 Å². The van der Waals surface area contributed by atoms with Crippen molar-refractivity contribution in [2.75, 3.05) is 38.0 Å². The Kier molecular flexibility index (Phi) is 5.30. The van der Waals surface area contributed by atoms with Gasteiger partial charge in [0.25, 0.3) is 0 Å². The summed E-state index contributed by atoms with van der Waals surface area (Å²) in [6.45, 7) is 3.95. The van der Waals surface area contributed by atoms with Crippen molar-refractivity contribution in [2.24, 2.45) is 0 Å². The topological polar surface area (TPSA) is 83.0 Å². The van der Waals surface area contributed by atoms with Gasteiger partial charge in [0.2, 0.25) is 5.91 Å². The summed E-state index contributed by atoms with van der Waals surface area (Å²) in [4.78, 5) is 29.0. The quantitative estimate of drug-likeness (QED) is 0.699. The fraction of sp³-hybridized carbons (Fsp3) is 0.294. The number of aromatic nitrogens is 3. The molecule has 134 valence electrons. The van der Waals surface area contributed by atoms with E-state index in [1.165, 1.54) is 11.3 Å². The molecule has 3 aromatic rings. The second kappa shape index (κ2) is 8.00. The molecule has 1 fully saturated rings. The SMILES string of the molecule is O=C(CN1CCNCC1)Nc1cc(-c2nccs2)nc(-c2cccs2)n1. The van der Waals surface area contributed by atoms with Crippen molar-refractivity contribution in [3.63, 3.8) is 0 Å². The average molecular weight is 387 g/mol. The minimum atomic E-state index is -0.0622. The van der Waals surface area contributed by atoms with Gasteiger partial charge < -0.3 is 10.6 Å². The van der Waals surface area contributed by atoms with Gasteiger partial charge in [0, 0.05) is 43.8 Å². The molecule has 3 aromatic heterocycles. The van der Waals surface area contributed by atoms with E-state index in [-0.39, 0.29) is 5.91 Å². The zero-order valence-electron chi connectivity index (χ0n) is 14.0. The maximum Gasteiger partial charge on any atom is 0.239 e. The standard InChI is InChI=1S/C17H18N6OS2/c24-15(11-23-6-3-18-4-7-23)21-14-10-12(17-19-5-9-26-17)20-16(22-14)13-2-1-8-25-13/h1-2,5,8-10,18H,3-4,6-7,11H2,(H,20,21,22,24). The molecule has 0 aromatic carbocycles. The second-order valence-corrected chi connectivity index (χ2v) is 7.69. The summed E-state index contributed by atoms with van der Waals surface area (Å²) in [6.07, 6.45) is 1.75. The largest absolute Gasteiger partial charge is 0.314 e. The number of carbonyl (C=O) groups excluding carboxylic acids is 1. The minimum absolute atomic E-state index is 0.0622. The fourth-order valence-electron chi connectivity index (χ4n) is 2.74. The lowest BCUT2D eigenvalue weighted by Crippen LogP contribution is -2.46. The van der Waals surface area contributed by atoms with Crippen LogP contribution in [0.1, 0.15) is 0 Å². The van der Waals surface area contributed by atoms with Crippen LogP contribution >= 0.6 is 22.7 Å². The Labute approximate surface area is 159 Å². The molecule has 7 nitrogen and oxygen atoms in total. The van der Waals surface area contributed by atoms with Crippen molar-refractivity contribution >= 4 is 34.4 Å². The Morgan fingerprint density at radius 3 is 2.85 bits per heavy atom. The first-order valence-electron chi connectivity index (χ1n) is 8.34. The van der Waals surface area contributed by atoms with E-state index >= 15 is 0 Å². The summed E-state index contributed by atoms with van der Waals surface area (Å²) >= 11 is 3.08. The fourth-order valence-corrected chi connectivity index (χ4v) is 4.00. The lowest BCUT2D eigenvalue weighted by atomic mass is 10.3. The molecule has 2 N–H and O–H groups in total. The van der Waals surface area contributed by atoms with Crippen LogP contribution in [-0.4, -0.2) is 58.5 Å². The Bertz CT molecular complexity index is 807. The normalized spacial score (nSPS) is 15.1. The first kappa shape index (κ1) is 17.2. The third-order valence-corrected chi connectivity index (χ3v) is 5.62. The maximum atomic E-state index is 12.4. The lowest BCUT2D eigenvalue weighted by Gasteiger charge is -2.26. The van der Waals surface area contributed by atoms with E-state index in [1.807, 2.05) is 22.9 Å². The smallest absolute Gasteiger partial charge is 0.239 e. The Balaban J connectivity index is 1.57. The van der Waals surface area contributed by atoms with Crippen molar-refractivity contribution in [3.05, 3.63) is 35.2 Å². The summed E-state index contributed by atoms with van der Waals surface area (Å²) in [7, 11) is 0. The van der Waals surface area contributed by atoms with Crippen LogP contribution in [0.2, 0.25) is 0 Å². The molecule has 0 unspecified atom stereocenters. The van der Waals surface area contributed by atoms with Gasteiger partial charge in [-0.2, -0.15) is 0 Å². The second-order valence-electron chi connectivity index (χ2n) is 5.85. The van der Waals surface area contributed by atoms with Crippen molar-refractivity contribution in [3.8, 4) is 21.4 Å². The van der Waals surface area contributed by atoms with Crippen LogP contribution in [0.3, 0.4) is 0 Å². The number of hydrogen-bond acceptors (Lipinski definition) is 8. The molecule has 0 radical (unpaired) electrons. The van der Waals surface area contributed by atoms with Gasteiger partial charge in [-0.15, -0.1) is 22.7 Å². The highest BCUT2D eigenvalue weighted by Crippen LogP contribution is 2.27. The lowest BCUT2D eigenvalue weighted by molar-refractivity contribution is -0.117. The number of carbonyl (C=O) groups is 1. The van der Waals surface area contributed by atoms with Crippen LogP contribution in [0.4, 0.5) is 5.82 Å². The van der Waals surface area contributed by atoms with Crippen LogP contribution in [-0.2, 0) is 4.79 Å². The number of anilines is 1. The Morgan fingerprint density at radius 1 is 1.23 bits per heavy atom. The summed E-state index contributed by atoms with van der Waals surface area (Å²) in [5, 5.41) is 10.9. The molecule has 0 saturated carbocycles. The maximum absolute atomic E-state index is 12.4. The number of nitrogens with one attached hydrogen (secondary N) is 2. The van der Waals surface area contributed by atoms with Crippen molar-refractivity contribution in [1.29, 1.82) is 0 Å². The molecule has 4 heterocycles. The highest BCUT2D eigenvalue weighted by molar-refractivity contribution is 7.13.